The molecule has 2 aromatic carbocycles. The van der Waals surface area contributed by atoms with Crippen molar-refractivity contribution in [2.75, 3.05) is 18.5 Å². The predicted molar refractivity (Wildman–Crippen MR) is 104 cm³/mol. The topological polar surface area (TPSA) is 121 Å². The molecule has 0 radical (unpaired) electrons. The maximum Gasteiger partial charge on any atom is 0.284 e. The van der Waals surface area contributed by atoms with E-state index in [1.165, 1.54) is 24.5 Å². The van der Waals surface area contributed by atoms with Gasteiger partial charge in [0, 0.05) is 30.4 Å². The van der Waals surface area contributed by atoms with E-state index in [-0.39, 0.29) is 11.3 Å². The number of fused-ring (bicyclic) bond motifs is 1. The molecule has 0 unspecified atom stereocenters. The Balaban J connectivity index is 1.56. The van der Waals surface area contributed by atoms with Crippen molar-refractivity contribution in [1.82, 2.24) is 14.8 Å². The van der Waals surface area contributed by atoms with Gasteiger partial charge in [-0.1, -0.05) is 0 Å². The van der Waals surface area contributed by atoms with Crippen LogP contribution in [0.2, 0.25) is 0 Å². The molecule has 1 N–H and O–H groups in total. The van der Waals surface area contributed by atoms with Crippen LogP contribution in [-0.4, -0.2) is 38.8 Å². The van der Waals surface area contributed by atoms with Gasteiger partial charge in [0.25, 0.3) is 11.6 Å². The molecule has 11 heteroatoms. The number of nitro groups is 1. The second kappa shape index (κ2) is 7.80. The number of ether oxygens (including phenoxy) is 2. The van der Waals surface area contributed by atoms with Gasteiger partial charge >= 0.3 is 0 Å². The highest BCUT2D eigenvalue weighted by molar-refractivity contribution is 7.99. The number of aromatic nitrogens is 3. The van der Waals surface area contributed by atoms with Crippen molar-refractivity contribution in [3.05, 3.63) is 58.4 Å². The van der Waals surface area contributed by atoms with E-state index < -0.39 is 10.8 Å². The number of aryl methyl sites for hydroxylation is 1. The van der Waals surface area contributed by atoms with Crippen molar-refractivity contribution in [2.45, 2.75) is 10.1 Å². The highest BCUT2D eigenvalue weighted by Crippen LogP contribution is 2.35. The number of carbonyl (C=O) groups is 1. The van der Waals surface area contributed by atoms with Crippen LogP contribution in [0.4, 0.5) is 11.4 Å². The van der Waals surface area contributed by atoms with E-state index >= 15 is 0 Å². The summed E-state index contributed by atoms with van der Waals surface area (Å²) >= 11 is 1.10. The third kappa shape index (κ3) is 3.99. The highest BCUT2D eigenvalue weighted by Gasteiger charge is 2.20. The molecule has 0 spiro atoms. The molecule has 1 aliphatic rings. The molecule has 1 aromatic heterocycles. The van der Waals surface area contributed by atoms with E-state index in [1.54, 1.807) is 29.8 Å². The summed E-state index contributed by atoms with van der Waals surface area (Å²) in [5, 5.41) is 22.4. The first-order chi connectivity index (χ1) is 14.0. The van der Waals surface area contributed by atoms with Crippen molar-refractivity contribution in [3.63, 3.8) is 0 Å². The quantitative estimate of drug-likeness (QED) is 0.501. The summed E-state index contributed by atoms with van der Waals surface area (Å²) in [4.78, 5) is 24.0. The molecule has 148 valence electrons. The van der Waals surface area contributed by atoms with Crippen molar-refractivity contribution in [2.24, 2.45) is 7.05 Å². The van der Waals surface area contributed by atoms with E-state index in [4.69, 9.17) is 9.47 Å². The standard InChI is InChI=1S/C18H15N5O5S/c1-22-10-19-21-18(22)29-16-5-2-11(8-13(16)23(25)26)17(24)20-12-3-4-14-15(9-12)28-7-6-27-14/h2-5,8-10H,6-7H2,1H3,(H,20,24). The molecule has 0 fully saturated rings. The van der Waals surface area contributed by atoms with Crippen molar-refractivity contribution < 1.29 is 19.2 Å². The van der Waals surface area contributed by atoms with Gasteiger partial charge in [-0.05, 0) is 36.0 Å². The monoisotopic (exact) mass is 413 g/mol. The normalized spacial score (nSPS) is 12.4. The smallest absolute Gasteiger partial charge is 0.284 e. The van der Waals surface area contributed by atoms with Crippen LogP contribution in [0.5, 0.6) is 11.5 Å². The number of anilines is 1. The summed E-state index contributed by atoms with van der Waals surface area (Å²) in [6, 6.07) is 9.33. The number of nitrogens with zero attached hydrogens (tertiary/aromatic N) is 4. The first kappa shape index (κ1) is 18.7. The average molecular weight is 413 g/mol. The molecule has 0 saturated carbocycles. The molecule has 0 saturated heterocycles. The van der Waals surface area contributed by atoms with Crippen molar-refractivity contribution in [3.8, 4) is 11.5 Å². The maximum atomic E-state index is 12.6. The van der Waals surface area contributed by atoms with Crippen LogP contribution < -0.4 is 14.8 Å². The number of hydrogen-bond donors (Lipinski definition) is 1. The molecule has 0 bridgehead atoms. The number of carbonyl (C=O) groups excluding carboxylic acids is 1. The second-order valence-corrected chi connectivity index (χ2v) is 7.09. The predicted octanol–water partition coefficient (Wildman–Crippen LogP) is 2.90. The zero-order chi connectivity index (χ0) is 20.4. The molecular formula is C18H15N5O5S. The molecule has 3 aromatic rings. The highest BCUT2D eigenvalue weighted by atomic mass is 32.2. The SMILES string of the molecule is Cn1cnnc1Sc1ccc(C(=O)Nc2ccc3c(c2)OCCO3)cc1[N+](=O)[O-]. The van der Waals surface area contributed by atoms with E-state index in [0.29, 0.717) is 40.5 Å². The van der Waals surface area contributed by atoms with Gasteiger partial charge < -0.3 is 19.4 Å². The zero-order valence-corrected chi connectivity index (χ0v) is 16.0. The summed E-state index contributed by atoms with van der Waals surface area (Å²) in [7, 11) is 1.74. The Morgan fingerprint density at radius 2 is 2.00 bits per heavy atom. The third-order valence-corrected chi connectivity index (χ3v) is 5.21. The Kier molecular flexibility index (Phi) is 5.04. The fraction of sp³-hybridized carbons (Fsp3) is 0.167. The minimum Gasteiger partial charge on any atom is -0.486 e. The first-order valence-corrected chi connectivity index (χ1v) is 9.34. The molecule has 0 aliphatic carbocycles. The average Bonchev–Trinajstić information content (AvgIpc) is 3.12. The van der Waals surface area contributed by atoms with Crippen molar-refractivity contribution >= 4 is 29.0 Å². The zero-order valence-electron chi connectivity index (χ0n) is 15.2. The van der Waals surface area contributed by atoms with Gasteiger partial charge in [0.15, 0.2) is 16.7 Å². The molecule has 29 heavy (non-hydrogen) atoms. The van der Waals surface area contributed by atoms with Gasteiger partial charge in [-0.2, -0.15) is 0 Å². The van der Waals surface area contributed by atoms with Crippen LogP contribution in [0, 0.1) is 10.1 Å². The fourth-order valence-corrected chi connectivity index (χ4v) is 3.53. The van der Waals surface area contributed by atoms with Gasteiger partial charge in [-0.15, -0.1) is 10.2 Å². The lowest BCUT2D eigenvalue weighted by Crippen LogP contribution is -2.16. The molecular weight excluding hydrogens is 398 g/mol. The van der Waals surface area contributed by atoms with Gasteiger partial charge in [0.1, 0.15) is 19.5 Å². The molecule has 0 atom stereocenters. The number of nitrogens with one attached hydrogen (secondary N) is 1. The lowest BCUT2D eigenvalue weighted by Gasteiger charge is -2.19. The van der Waals surface area contributed by atoms with Crippen LogP contribution in [0.15, 0.2) is 52.8 Å². The lowest BCUT2D eigenvalue weighted by molar-refractivity contribution is -0.387. The van der Waals surface area contributed by atoms with Crippen LogP contribution in [0.25, 0.3) is 0 Å². The Labute approximate surface area is 169 Å². The van der Waals surface area contributed by atoms with Gasteiger partial charge in [0.2, 0.25) is 0 Å². The van der Waals surface area contributed by atoms with Gasteiger partial charge in [0.05, 0.1) is 9.82 Å². The largest absolute Gasteiger partial charge is 0.486 e. The maximum absolute atomic E-state index is 12.6. The van der Waals surface area contributed by atoms with Crippen molar-refractivity contribution in [1.29, 1.82) is 0 Å². The first-order valence-electron chi connectivity index (χ1n) is 8.52. The van der Waals surface area contributed by atoms with Crippen LogP contribution in [0.1, 0.15) is 10.4 Å². The Morgan fingerprint density at radius 3 is 2.72 bits per heavy atom. The molecule has 1 amide bonds. The molecule has 1 aliphatic heterocycles. The number of amides is 1. The van der Waals surface area contributed by atoms with E-state index in [9.17, 15) is 14.9 Å². The van der Waals surface area contributed by atoms with E-state index in [1.807, 2.05) is 0 Å². The summed E-state index contributed by atoms with van der Waals surface area (Å²) < 4.78 is 12.6. The summed E-state index contributed by atoms with van der Waals surface area (Å²) in [5.74, 6) is 0.672. The number of rotatable bonds is 5. The van der Waals surface area contributed by atoms with E-state index in [0.717, 1.165) is 11.8 Å². The number of nitro benzene ring substituents is 1. The molecule has 4 rings (SSSR count). The van der Waals surface area contributed by atoms with Gasteiger partial charge in [-0.3, -0.25) is 14.9 Å². The van der Waals surface area contributed by atoms with Crippen LogP contribution in [0.3, 0.4) is 0 Å². The summed E-state index contributed by atoms with van der Waals surface area (Å²) in [6.07, 6.45) is 1.50. The van der Waals surface area contributed by atoms with Crippen LogP contribution >= 0.6 is 11.8 Å². The minimum absolute atomic E-state index is 0.161. The second-order valence-electron chi connectivity index (χ2n) is 6.08. The third-order valence-electron chi connectivity index (χ3n) is 4.09. The Hall–Kier alpha value is -3.60. The lowest BCUT2D eigenvalue weighted by atomic mass is 10.1. The molecule has 10 nitrogen and oxygen atoms in total. The number of hydrogen-bond acceptors (Lipinski definition) is 8. The molecule has 2 heterocycles. The minimum atomic E-state index is -0.528. The Bertz CT molecular complexity index is 1100. The van der Waals surface area contributed by atoms with Crippen LogP contribution in [-0.2, 0) is 7.05 Å². The number of benzene rings is 2. The van der Waals surface area contributed by atoms with E-state index in [2.05, 4.69) is 15.5 Å². The summed E-state index contributed by atoms with van der Waals surface area (Å²) in [5.41, 5.74) is 0.473. The van der Waals surface area contributed by atoms with Gasteiger partial charge in [-0.25, -0.2) is 0 Å². The fourth-order valence-electron chi connectivity index (χ4n) is 2.68. The Morgan fingerprint density at radius 1 is 1.21 bits per heavy atom. The summed E-state index contributed by atoms with van der Waals surface area (Å²) in [6.45, 7) is 0.905.